The molecule has 0 bridgehead atoms. The summed E-state index contributed by atoms with van der Waals surface area (Å²) in [5.74, 6) is -0.622. The van der Waals surface area contributed by atoms with E-state index in [1.54, 1.807) is 23.3 Å². The highest BCUT2D eigenvalue weighted by Gasteiger charge is 2.32. The largest absolute Gasteiger partial charge is 0.341 e. The van der Waals surface area contributed by atoms with E-state index in [-0.39, 0.29) is 12.3 Å². The fourth-order valence-corrected chi connectivity index (χ4v) is 2.41. The fourth-order valence-electron chi connectivity index (χ4n) is 1.66. The van der Waals surface area contributed by atoms with Crippen molar-refractivity contribution >= 4 is 29.2 Å². The summed E-state index contributed by atoms with van der Waals surface area (Å²) in [7, 11) is 1.68. The smallest absolute Gasteiger partial charge is 0.322 e. The average Bonchev–Trinajstić information content (AvgIpc) is 2.89. The maximum Gasteiger partial charge on any atom is 0.322 e. The van der Waals surface area contributed by atoms with Gasteiger partial charge in [0.25, 0.3) is 5.91 Å². The summed E-state index contributed by atoms with van der Waals surface area (Å²) in [6.07, 6.45) is -0.0144. The number of rotatable bonds is 4. The predicted octanol–water partition coefficient (Wildman–Crippen LogP) is 0.305. The third-order valence-corrected chi connectivity index (χ3v) is 3.50. The number of amides is 4. The van der Waals surface area contributed by atoms with Gasteiger partial charge in [0.05, 0.1) is 13.0 Å². The van der Waals surface area contributed by atoms with Crippen LogP contribution in [0.15, 0.2) is 17.5 Å². The Bertz CT molecular complexity index is 472. The molecule has 2 rings (SSSR count). The minimum atomic E-state index is -0.754. The van der Waals surface area contributed by atoms with Crippen LogP contribution in [0.2, 0.25) is 0 Å². The Labute approximate surface area is 108 Å². The minimum Gasteiger partial charge on any atom is -0.341 e. The first-order valence-corrected chi connectivity index (χ1v) is 6.32. The molecule has 1 aromatic rings. The summed E-state index contributed by atoms with van der Waals surface area (Å²) in [6, 6.07) is 2.57. The van der Waals surface area contributed by atoms with Crippen molar-refractivity contribution in [1.82, 2.24) is 15.5 Å². The quantitative estimate of drug-likeness (QED) is 0.770. The molecule has 0 aliphatic carbocycles. The Kier molecular flexibility index (Phi) is 3.61. The van der Waals surface area contributed by atoms with Crippen LogP contribution in [0.5, 0.6) is 0 Å². The number of hydrogen-bond donors (Lipinski definition) is 2. The zero-order valence-corrected chi connectivity index (χ0v) is 10.6. The molecule has 0 radical (unpaired) electrons. The number of carbonyl (C=O) groups is 3. The van der Waals surface area contributed by atoms with E-state index in [1.807, 2.05) is 17.5 Å². The Balaban J connectivity index is 1.88. The molecule has 96 valence electrons. The third kappa shape index (κ3) is 2.86. The highest BCUT2D eigenvalue weighted by Crippen LogP contribution is 2.12. The number of carbonyl (C=O) groups excluding carboxylic acids is 3. The lowest BCUT2D eigenvalue weighted by Crippen LogP contribution is -2.36. The number of hydrogen-bond acceptors (Lipinski definition) is 4. The van der Waals surface area contributed by atoms with E-state index in [0.29, 0.717) is 6.54 Å². The van der Waals surface area contributed by atoms with E-state index < -0.39 is 18.0 Å². The first-order valence-electron chi connectivity index (χ1n) is 5.44. The van der Waals surface area contributed by atoms with Crippen molar-refractivity contribution in [2.45, 2.75) is 19.0 Å². The van der Waals surface area contributed by atoms with Crippen LogP contribution in [-0.2, 0) is 16.1 Å². The van der Waals surface area contributed by atoms with Gasteiger partial charge in [-0.2, -0.15) is 0 Å². The van der Waals surface area contributed by atoms with Crippen molar-refractivity contribution in [2.24, 2.45) is 0 Å². The molecule has 1 aromatic heterocycles. The highest BCUT2D eigenvalue weighted by molar-refractivity contribution is 7.09. The van der Waals surface area contributed by atoms with Crippen LogP contribution in [-0.4, -0.2) is 35.8 Å². The normalized spacial score (nSPS) is 18.4. The molecule has 6 nitrogen and oxygen atoms in total. The summed E-state index contributed by atoms with van der Waals surface area (Å²) in [6.45, 7) is 0.513. The number of nitrogens with zero attached hydrogens (tertiary/aromatic N) is 1. The van der Waals surface area contributed by atoms with Crippen LogP contribution in [0.25, 0.3) is 0 Å². The van der Waals surface area contributed by atoms with Gasteiger partial charge in [0.15, 0.2) is 0 Å². The lowest BCUT2D eigenvalue weighted by molar-refractivity contribution is -0.133. The standard InChI is InChI=1S/C11H13N3O3S/c1-14(6-7-3-2-4-18-7)9(15)5-8-10(16)13-11(17)12-8/h2-4,8H,5-6H2,1H3,(H2,12,13,16,17)/t8-/m1/s1. The highest BCUT2D eigenvalue weighted by atomic mass is 32.1. The van der Waals surface area contributed by atoms with Crippen LogP contribution in [0, 0.1) is 0 Å². The minimum absolute atomic E-state index is 0.0144. The van der Waals surface area contributed by atoms with Gasteiger partial charge in [0, 0.05) is 11.9 Å². The van der Waals surface area contributed by atoms with Gasteiger partial charge < -0.3 is 10.2 Å². The third-order valence-electron chi connectivity index (χ3n) is 2.64. The summed E-state index contributed by atoms with van der Waals surface area (Å²) >= 11 is 1.57. The van der Waals surface area contributed by atoms with Crippen LogP contribution in [0.3, 0.4) is 0 Å². The first-order chi connectivity index (χ1) is 8.56. The van der Waals surface area contributed by atoms with E-state index >= 15 is 0 Å². The topological polar surface area (TPSA) is 78.5 Å². The van der Waals surface area contributed by atoms with Crippen molar-refractivity contribution in [3.05, 3.63) is 22.4 Å². The second-order valence-corrected chi connectivity index (χ2v) is 5.08. The number of imide groups is 1. The number of urea groups is 1. The van der Waals surface area contributed by atoms with Crippen molar-refractivity contribution in [2.75, 3.05) is 7.05 Å². The van der Waals surface area contributed by atoms with E-state index in [2.05, 4.69) is 10.6 Å². The average molecular weight is 267 g/mol. The van der Waals surface area contributed by atoms with Gasteiger partial charge in [-0.15, -0.1) is 11.3 Å². The number of nitrogens with one attached hydrogen (secondary N) is 2. The monoisotopic (exact) mass is 267 g/mol. The summed E-state index contributed by atoms with van der Waals surface area (Å²) in [5, 5.41) is 6.45. The van der Waals surface area contributed by atoms with Gasteiger partial charge in [-0.05, 0) is 11.4 Å². The van der Waals surface area contributed by atoms with Crippen LogP contribution >= 0.6 is 11.3 Å². The molecule has 0 saturated carbocycles. The molecular formula is C11H13N3O3S. The number of thiophene rings is 1. The summed E-state index contributed by atoms with van der Waals surface area (Å²) < 4.78 is 0. The molecule has 2 N–H and O–H groups in total. The Morgan fingerprint density at radius 3 is 2.83 bits per heavy atom. The van der Waals surface area contributed by atoms with Crippen LogP contribution in [0.4, 0.5) is 4.79 Å². The van der Waals surface area contributed by atoms with Crippen molar-refractivity contribution in [1.29, 1.82) is 0 Å². The van der Waals surface area contributed by atoms with Gasteiger partial charge in [-0.25, -0.2) is 4.79 Å². The predicted molar refractivity (Wildman–Crippen MR) is 65.9 cm³/mol. The molecule has 4 amide bonds. The second kappa shape index (κ2) is 5.18. The van der Waals surface area contributed by atoms with E-state index in [0.717, 1.165) is 4.88 Å². The van der Waals surface area contributed by atoms with Gasteiger partial charge in [0.1, 0.15) is 6.04 Å². The maximum absolute atomic E-state index is 11.9. The molecule has 2 heterocycles. The molecule has 0 aromatic carbocycles. The van der Waals surface area contributed by atoms with E-state index in [4.69, 9.17) is 0 Å². The Morgan fingerprint density at radius 2 is 2.28 bits per heavy atom. The van der Waals surface area contributed by atoms with Gasteiger partial charge in [0.2, 0.25) is 5.91 Å². The molecular weight excluding hydrogens is 254 g/mol. The summed E-state index contributed by atoms with van der Waals surface area (Å²) in [5.41, 5.74) is 0. The lowest BCUT2D eigenvalue weighted by atomic mass is 10.2. The van der Waals surface area contributed by atoms with Crippen molar-refractivity contribution in [3.63, 3.8) is 0 Å². The molecule has 7 heteroatoms. The van der Waals surface area contributed by atoms with Gasteiger partial charge >= 0.3 is 6.03 Å². The molecule has 18 heavy (non-hydrogen) atoms. The van der Waals surface area contributed by atoms with E-state index in [1.165, 1.54) is 0 Å². The molecule has 1 aliphatic heterocycles. The van der Waals surface area contributed by atoms with Crippen molar-refractivity contribution in [3.8, 4) is 0 Å². The van der Waals surface area contributed by atoms with Crippen LogP contribution < -0.4 is 10.6 Å². The first kappa shape index (κ1) is 12.6. The molecule has 0 unspecified atom stereocenters. The van der Waals surface area contributed by atoms with E-state index in [9.17, 15) is 14.4 Å². The SMILES string of the molecule is CN(Cc1cccs1)C(=O)C[C@H]1NC(=O)NC1=O. The van der Waals surface area contributed by atoms with Gasteiger partial charge in [-0.3, -0.25) is 14.9 Å². The second-order valence-electron chi connectivity index (χ2n) is 4.05. The maximum atomic E-state index is 11.9. The molecule has 1 saturated heterocycles. The van der Waals surface area contributed by atoms with Crippen molar-refractivity contribution < 1.29 is 14.4 Å². The fraction of sp³-hybridized carbons (Fsp3) is 0.364. The molecule has 1 atom stereocenters. The Morgan fingerprint density at radius 1 is 1.50 bits per heavy atom. The lowest BCUT2D eigenvalue weighted by Gasteiger charge is -2.17. The zero-order chi connectivity index (χ0) is 13.1. The molecule has 1 aliphatic rings. The van der Waals surface area contributed by atoms with Gasteiger partial charge in [-0.1, -0.05) is 6.07 Å². The molecule has 0 spiro atoms. The zero-order valence-electron chi connectivity index (χ0n) is 9.80. The summed E-state index contributed by atoms with van der Waals surface area (Å²) in [4.78, 5) is 36.7. The Hall–Kier alpha value is -1.89. The van der Waals surface area contributed by atoms with Crippen LogP contribution in [0.1, 0.15) is 11.3 Å². The molecule has 1 fully saturated rings.